The van der Waals surface area contributed by atoms with Gasteiger partial charge in [0.1, 0.15) is 0 Å². The molecule has 1 aliphatic heterocycles. The molecular formula is C18H28ClN3O. The Hall–Kier alpha value is -1.10. The lowest BCUT2D eigenvalue weighted by Gasteiger charge is -2.34. The van der Waals surface area contributed by atoms with Gasteiger partial charge in [-0.05, 0) is 57.5 Å². The van der Waals surface area contributed by atoms with Gasteiger partial charge in [0.15, 0.2) is 0 Å². The number of benzene rings is 1. The number of carbonyl (C=O) groups is 1. The number of hydrogen-bond acceptors (Lipinski definition) is 3. The lowest BCUT2D eigenvalue weighted by molar-refractivity contribution is -0.123. The lowest BCUT2D eigenvalue weighted by Crippen LogP contribution is -2.47. The SMILES string of the molecule is CCCN(CC(=O)NC(C)c1ccccc1Cl)C1CCNCC1. The van der Waals surface area contributed by atoms with Crippen LogP contribution in [-0.4, -0.2) is 43.0 Å². The molecule has 1 aromatic carbocycles. The predicted octanol–water partition coefficient (Wildman–Crippen LogP) is 2.98. The highest BCUT2D eigenvalue weighted by molar-refractivity contribution is 6.31. The van der Waals surface area contributed by atoms with E-state index >= 15 is 0 Å². The van der Waals surface area contributed by atoms with E-state index in [1.807, 2.05) is 31.2 Å². The van der Waals surface area contributed by atoms with Crippen LogP contribution in [0.2, 0.25) is 5.02 Å². The van der Waals surface area contributed by atoms with Gasteiger partial charge in [0, 0.05) is 11.1 Å². The van der Waals surface area contributed by atoms with Crippen molar-refractivity contribution in [1.29, 1.82) is 0 Å². The number of nitrogens with one attached hydrogen (secondary N) is 2. The van der Waals surface area contributed by atoms with Crippen LogP contribution in [-0.2, 0) is 4.79 Å². The predicted molar refractivity (Wildman–Crippen MR) is 95.8 cm³/mol. The van der Waals surface area contributed by atoms with Crippen LogP contribution in [0.15, 0.2) is 24.3 Å². The number of hydrogen-bond donors (Lipinski definition) is 2. The molecule has 128 valence electrons. The van der Waals surface area contributed by atoms with Crippen LogP contribution < -0.4 is 10.6 Å². The molecule has 1 atom stereocenters. The second-order valence-corrected chi connectivity index (χ2v) is 6.67. The van der Waals surface area contributed by atoms with Crippen molar-refractivity contribution in [2.75, 3.05) is 26.2 Å². The second-order valence-electron chi connectivity index (χ2n) is 6.26. The fraction of sp³-hybridized carbons (Fsp3) is 0.611. The van der Waals surface area contributed by atoms with Crippen LogP contribution in [0.5, 0.6) is 0 Å². The van der Waals surface area contributed by atoms with E-state index in [1.54, 1.807) is 0 Å². The summed E-state index contributed by atoms with van der Waals surface area (Å²) >= 11 is 6.21. The number of halogens is 1. The van der Waals surface area contributed by atoms with E-state index in [9.17, 15) is 4.79 Å². The van der Waals surface area contributed by atoms with Gasteiger partial charge in [-0.25, -0.2) is 0 Å². The Morgan fingerprint density at radius 2 is 2.09 bits per heavy atom. The third-order valence-electron chi connectivity index (χ3n) is 4.43. The molecule has 1 unspecified atom stereocenters. The normalized spacial score (nSPS) is 17.2. The second kappa shape index (κ2) is 9.26. The Morgan fingerprint density at radius 3 is 2.74 bits per heavy atom. The molecule has 1 aliphatic rings. The van der Waals surface area contributed by atoms with Gasteiger partial charge < -0.3 is 10.6 Å². The number of rotatable bonds is 7. The first kappa shape index (κ1) is 18.2. The Morgan fingerprint density at radius 1 is 1.39 bits per heavy atom. The van der Waals surface area contributed by atoms with Gasteiger partial charge in [-0.2, -0.15) is 0 Å². The summed E-state index contributed by atoms with van der Waals surface area (Å²) in [5, 5.41) is 7.17. The smallest absolute Gasteiger partial charge is 0.234 e. The van der Waals surface area contributed by atoms with Crippen molar-refractivity contribution >= 4 is 17.5 Å². The first-order chi connectivity index (χ1) is 11.1. The molecular weight excluding hydrogens is 310 g/mol. The average Bonchev–Trinajstić information content (AvgIpc) is 2.55. The van der Waals surface area contributed by atoms with E-state index in [2.05, 4.69) is 22.5 Å². The van der Waals surface area contributed by atoms with Gasteiger partial charge in [0.2, 0.25) is 5.91 Å². The fourth-order valence-corrected chi connectivity index (χ4v) is 3.52. The highest BCUT2D eigenvalue weighted by atomic mass is 35.5. The summed E-state index contributed by atoms with van der Waals surface area (Å²) in [6.07, 6.45) is 3.30. The van der Waals surface area contributed by atoms with Crippen molar-refractivity contribution in [2.24, 2.45) is 0 Å². The first-order valence-corrected chi connectivity index (χ1v) is 8.98. The number of amides is 1. The third kappa shape index (κ3) is 5.48. The van der Waals surface area contributed by atoms with Gasteiger partial charge in [-0.3, -0.25) is 9.69 Å². The van der Waals surface area contributed by atoms with E-state index in [0.717, 1.165) is 44.5 Å². The Kier molecular flexibility index (Phi) is 7.34. The van der Waals surface area contributed by atoms with Crippen molar-refractivity contribution in [3.8, 4) is 0 Å². The monoisotopic (exact) mass is 337 g/mol. The third-order valence-corrected chi connectivity index (χ3v) is 4.78. The molecule has 1 saturated heterocycles. The van der Waals surface area contributed by atoms with E-state index in [0.29, 0.717) is 17.6 Å². The summed E-state index contributed by atoms with van der Waals surface area (Å²) in [5.74, 6) is 0.0735. The topological polar surface area (TPSA) is 44.4 Å². The zero-order valence-electron chi connectivity index (χ0n) is 14.1. The Balaban J connectivity index is 1.92. The summed E-state index contributed by atoms with van der Waals surface area (Å²) in [4.78, 5) is 14.8. The molecule has 0 saturated carbocycles. The van der Waals surface area contributed by atoms with Crippen LogP contribution in [0.25, 0.3) is 0 Å². The van der Waals surface area contributed by atoms with Crippen molar-refractivity contribution in [3.63, 3.8) is 0 Å². The van der Waals surface area contributed by atoms with Crippen molar-refractivity contribution in [1.82, 2.24) is 15.5 Å². The van der Waals surface area contributed by atoms with E-state index in [1.165, 1.54) is 0 Å². The molecule has 1 aromatic rings. The number of carbonyl (C=O) groups excluding carboxylic acids is 1. The van der Waals surface area contributed by atoms with Gasteiger partial charge >= 0.3 is 0 Å². The molecule has 23 heavy (non-hydrogen) atoms. The summed E-state index contributed by atoms with van der Waals surface area (Å²) in [6, 6.07) is 8.11. The van der Waals surface area contributed by atoms with Crippen LogP contribution in [0.4, 0.5) is 0 Å². The van der Waals surface area contributed by atoms with Crippen LogP contribution in [0.1, 0.15) is 44.7 Å². The molecule has 1 amide bonds. The lowest BCUT2D eigenvalue weighted by atomic mass is 10.0. The largest absolute Gasteiger partial charge is 0.348 e. The Bertz CT molecular complexity index is 503. The standard InChI is InChI=1S/C18H28ClN3O/c1-3-12-22(15-8-10-20-11-9-15)13-18(23)21-14(2)16-6-4-5-7-17(16)19/h4-7,14-15,20H,3,8-13H2,1-2H3,(H,21,23). The van der Waals surface area contributed by atoms with Crippen LogP contribution in [0, 0.1) is 0 Å². The first-order valence-electron chi connectivity index (χ1n) is 8.60. The fourth-order valence-electron chi connectivity index (χ4n) is 3.23. The Labute approximate surface area is 144 Å². The van der Waals surface area contributed by atoms with Crippen LogP contribution >= 0.6 is 11.6 Å². The maximum absolute atomic E-state index is 12.5. The maximum atomic E-state index is 12.5. The molecule has 0 aliphatic carbocycles. The quantitative estimate of drug-likeness (QED) is 0.804. The zero-order chi connectivity index (χ0) is 16.7. The van der Waals surface area contributed by atoms with Gasteiger partial charge in [-0.15, -0.1) is 0 Å². The molecule has 0 bridgehead atoms. The molecule has 4 nitrogen and oxygen atoms in total. The summed E-state index contributed by atoms with van der Waals surface area (Å²) in [6.45, 7) is 7.67. The maximum Gasteiger partial charge on any atom is 0.234 e. The van der Waals surface area contributed by atoms with Crippen molar-refractivity contribution in [2.45, 2.75) is 45.2 Å². The van der Waals surface area contributed by atoms with Crippen molar-refractivity contribution in [3.05, 3.63) is 34.9 Å². The molecule has 5 heteroatoms. The van der Waals surface area contributed by atoms with Gasteiger partial charge in [0.25, 0.3) is 0 Å². The minimum atomic E-state index is -0.0762. The molecule has 0 radical (unpaired) electrons. The molecule has 2 N–H and O–H groups in total. The van der Waals surface area contributed by atoms with Crippen molar-refractivity contribution < 1.29 is 4.79 Å². The van der Waals surface area contributed by atoms with Gasteiger partial charge in [0.05, 0.1) is 12.6 Å². The van der Waals surface area contributed by atoms with Crippen LogP contribution in [0.3, 0.4) is 0 Å². The minimum absolute atomic E-state index is 0.0735. The molecule has 0 spiro atoms. The molecule has 1 fully saturated rings. The highest BCUT2D eigenvalue weighted by Gasteiger charge is 2.23. The highest BCUT2D eigenvalue weighted by Crippen LogP contribution is 2.22. The average molecular weight is 338 g/mol. The summed E-state index contributed by atoms with van der Waals surface area (Å²) in [5.41, 5.74) is 0.964. The van der Waals surface area contributed by atoms with E-state index in [4.69, 9.17) is 11.6 Å². The van der Waals surface area contributed by atoms with E-state index < -0.39 is 0 Å². The molecule has 2 rings (SSSR count). The summed E-state index contributed by atoms with van der Waals surface area (Å²) in [7, 11) is 0. The molecule has 0 aromatic heterocycles. The number of piperidine rings is 1. The number of nitrogens with zero attached hydrogens (tertiary/aromatic N) is 1. The zero-order valence-corrected chi connectivity index (χ0v) is 14.9. The summed E-state index contributed by atoms with van der Waals surface area (Å²) < 4.78 is 0. The molecule has 1 heterocycles. The van der Waals surface area contributed by atoms with Gasteiger partial charge in [-0.1, -0.05) is 36.7 Å². The van der Waals surface area contributed by atoms with E-state index in [-0.39, 0.29) is 11.9 Å². The minimum Gasteiger partial charge on any atom is -0.348 e.